The van der Waals surface area contributed by atoms with Gasteiger partial charge in [-0.1, -0.05) is 12.1 Å². The minimum atomic E-state index is 0. The van der Waals surface area contributed by atoms with E-state index in [1.54, 1.807) is 0 Å². The molecule has 102 valence electrons. The van der Waals surface area contributed by atoms with Gasteiger partial charge in [0, 0.05) is 19.1 Å². The Morgan fingerprint density at radius 3 is 2.83 bits per heavy atom. The van der Waals surface area contributed by atoms with Crippen LogP contribution in [0.2, 0.25) is 0 Å². The number of nitrogens with zero attached hydrogens (tertiary/aromatic N) is 1. The van der Waals surface area contributed by atoms with Crippen molar-refractivity contribution < 1.29 is 4.74 Å². The number of ether oxygens (including phenoxy) is 1. The van der Waals surface area contributed by atoms with Crippen LogP contribution in [0.15, 0.2) is 18.2 Å². The average Bonchev–Trinajstić information content (AvgIpc) is 2.69. The van der Waals surface area contributed by atoms with Crippen LogP contribution in [0.5, 0.6) is 5.75 Å². The fourth-order valence-corrected chi connectivity index (χ4v) is 2.21. The lowest BCUT2D eigenvalue weighted by molar-refractivity contribution is 0.235. The zero-order valence-electron chi connectivity index (χ0n) is 11.2. The van der Waals surface area contributed by atoms with Crippen molar-refractivity contribution in [3.05, 3.63) is 29.3 Å². The van der Waals surface area contributed by atoms with E-state index < -0.39 is 0 Å². The Kier molecular flexibility index (Phi) is 5.93. The quantitative estimate of drug-likeness (QED) is 0.911. The summed E-state index contributed by atoms with van der Waals surface area (Å²) in [4.78, 5) is 2.37. The molecule has 0 saturated carbocycles. The van der Waals surface area contributed by atoms with Gasteiger partial charge in [-0.05, 0) is 44.0 Å². The van der Waals surface area contributed by atoms with Crippen LogP contribution in [0.3, 0.4) is 0 Å². The minimum Gasteiger partial charge on any atom is -0.492 e. The van der Waals surface area contributed by atoms with Gasteiger partial charge in [-0.25, -0.2) is 0 Å². The second kappa shape index (κ2) is 6.98. The first-order chi connectivity index (χ1) is 8.15. The molecule has 1 fully saturated rings. The van der Waals surface area contributed by atoms with Crippen molar-refractivity contribution in [3.63, 3.8) is 0 Å². The second-order valence-corrected chi connectivity index (χ2v) is 4.97. The number of rotatable bonds is 4. The van der Waals surface area contributed by atoms with E-state index in [2.05, 4.69) is 36.9 Å². The van der Waals surface area contributed by atoms with E-state index in [9.17, 15) is 0 Å². The third kappa shape index (κ3) is 4.16. The predicted octanol–water partition coefficient (Wildman–Crippen LogP) is 2.14. The lowest BCUT2D eigenvalue weighted by Crippen LogP contribution is -2.29. The number of hydrogen-bond donors (Lipinski definition) is 1. The number of halogens is 1. The van der Waals surface area contributed by atoms with Crippen LogP contribution >= 0.6 is 12.4 Å². The van der Waals surface area contributed by atoms with Gasteiger partial charge >= 0.3 is 0 Å². The molecule has 18 heavy (non-hydrogen) atoms. The topological polar surface area (TPSA) is 38.5 Å². The third-order valence-corrected chi connectivity index (χ3v) is 3.32. The highest BCUT2D eigenvalue weighted by Crippen LogP contribution is 2.19. The molecule has 1 heterocycles. The molecule has 1 aromatic rings. The highest BCUT2D eigenvalue weighted by atomic mass is 35.5. The third-order valence-electron chi connectivity index (χ3n) is 3.32. The summed E-state index contributed by atoms with van der Waals surface area (Å²) in [6.45, 7) is 8.01. The predicted molar refractivity (Wildman–Crippen MR) is 77.7 cm³/mol. The van der Waals surface area contributed by atoms with Gasteiger partial charge in [0.1, 0.15) is 12.4 Å². The minimum absolute atomic E-state index is 0. The maximum atomic E-state index is 5.87. The first-order valence-corrected chi connectivity index (χ1v) is 6.33. The van der Waals surface area contributed by atoms with E-state index in [1.165, 1.54) is 11.1 Å². The molecule has 2 rings (SSSR count). The van der Waals surface area contributed by atoms with Gasteiger partial charge in [-0.2, -0.15) is 0 Å². The molecule has 0 spiro atoms. The first kappa shape index (κ1) is 15.3. The summed E-state index contributed by atoms with van der Waals surface area (Å²) in [5.74, 6) is 1.01. The fourth-order valence-electron chi connectivity index (χ4n) is 2.21. The smallest absolute Gasteiger partial charge is 0.122 e. The van der Waals surface area contributed by atoms with Crippen molar-refractivity contribution >= 4 is 12.4 Å². The molecule has 1 aliphatic heterocycles. The van der Waals surface area contributed by atoms with Gasteiger partial charge in [0.15, 0.2) is 0 Å². The molecule has 4 heteroatoms. The highest BCUT2D eigenvalue weighted by Gasteiger charge is 2.18. The molecule has 0 radical (unpaired) electrons. The molecule has 1 saturated heterocycles. The Morgan fingerprint density at radius 1 is 1.39 bits per heavy atom. The Morgan fingerprint density at radius 2 is 2.17 bits per heavy atom. The largest absolute Gasteiger partial charge is 0.492 e. The normalized spacial score (nSPS) is 19.6. The molecule has 3 nitrogen and oxygen atoms in total. The number of likely N-dealkylation sites (tertiary alicyclic amines) is 1. The molecule has 1 aliphatic rings. The molecule has 2 N–H and O–H groups in total. The number of nitrogens with two attached hydrogens (primary N) is 1. The molecule has 1 aromatic carbocycles. The number of hydrogen-bond acceptors (Lipinski definition) is 3. The first-order valence-electron chi connectivity index (χ1n) is 6.33. The Bertz CT molecular complexity index is 384. The maximum absolute atomic E-state index is 5.87. The van der Waals surface area contributed by atoms with Gasteiger partial charge in [-0.15, -0.1) is 12.4 Å². The maximum Gasteiger partial charge on any atom is 0.122 e. The van der Waals surface area contributed by atoms with E-state index in [1.807, 2.05) is 0 Å². The second-order valence-electron chi connectivity index (χ2n) is 4.97. The van der Waals surface area contributed by atoms with Crippen LogP contribution in [0.25, 0.3) is 0 Å². The zero-order chi connectivity index (χ0) is 12.3. The molecule has 0 aromatic heterocycles. The molecule has 0 bridgehead atoms. The average molecular weight is 271 g/mol. The fraction of sp³-hybridized carbons (Fsp3) is 0.571. The van der Waals surface area contributed by atoms with Crippen LogP contribution < -0.4 is 10.5 Å². The lowest BCUT2D eigenvalue weighted by Gasteiger charge is -2.16. The molecular formula is C14H23ClN2O. The SMILES string of the molecule is Cc1ccc(C)c(OCCN2CC[C@@H](N)C2)c1.Cl. The zero-order valence-corrected chi connectivity index (χ0v) is 12.0. The van der Waals surface area contributed by atoms with Crippen molar-refractivity contribution in [1.82, 2.24) is 4.90 Å². The van der Waals surface area contributed by atoms with Gasteiger partial charge in [0.05, 0.1) is 0 Å². The van der Waals surface area contributed by atoms with Crippen molar-refractivity contribution in [2.75, 3.05) is 26.2 Å². The molecule has 0 amide bonds. The standard InChI is InChI=1S/C14H22N2O.ClH/c1-11-3-4-12(2)14(9-11)17-8-7-16-6-5-13(15)10-16;/h3-4,9,13H,5-8,10,15H2,1-2H3;1H/t13-;/m1./s1. The van der Waals surface area contributed by atoms with E-state index >= 15 is 0 Å². The van der Waals surface area contributed by atoms with Crippen molar-refractivity contribution in [3.8, 4) is 5.75 Å². The van der Waals surface area contributed by atoms with Gasteiger partial charge < -0.3 is 10.5 Å². The highest BCUT2D eigenvalue weighted by molar-refractivity contribution is 5.85. The van der Waals surface area contributed by atoms with Crippen LogP contribution in [0, 0.1) is 13.8 Å². The summed E-state index contributed by atoms with van der Waals surface area (Å²) in [6, 6.07) is 6.68. The molecule has 0 unspecified atom stereocenters. The molecule has 0 aliphatic carbocycles. The Hall–Kier alpha value is -0.770. The van der Waals surface area contributed by atoms with E-state index in [0.717, 1.165) is 38.4 Å². The van der Waals surface area contributed by atoms with Crippen LogP contribution in [-0.2, 0) is 0 Å². The van der Waals surface area contributed by atoms with Crippen molar-refractivity contribution in [2.45, 2.75) is 26.3 Å². The van der Waals surface area contributed by atoms with Crippen molar-refractivity contribution in [1.29, 1.82) is 0 Å². The van der Waals surface area contributed by atoms with Crippen LogP contribution in [0.1, 0.15) is 17.5 Å². The van der Waals surface area contributed by atoms with Gasteiger partial charge in [0.2, 0.25) is 0 Å². The monoisotopic (exact) mass is 270 g/mol. The lowest BCUT2D eigenvalue weighted by atomic mass is 10.1. The van der Waals surface area contributed by atoms with E-state index in [0.29, 0.717) is 6.04 Å². The summed E-state index contributed by atoms with van der Waals surface area (Å²) < 4.78 is 5.83. The Labute approximate surface area is 116 Å². The van der Waals surface area contributed by atoms with Crippen LogP contribution in [-0.4, -0.2) is 37.2 Å². The summed E-state index contributed by atoms with van der Waals surface area (Å²) >= 11 is 0. The number of benzene rings is 1. The summed E-state index contributed by atoms with van der Waals surface area (Å²) in [5.41, 5.74) is 8.32. The van der Waals surface area contributed by atoms with E-state index in [4.69, 9.17) is 10.5 Å². The summed E-state index contributed by atoms with van der Waals surface area (Å²) in [5, 5.41) is 0. The van der Waals surface area contributed by atoms with Crippen LogP contribution in [0.4, 0.5) is 0 Å². The van der Waals surface area contributed by atoms with Gasteiger partial charge in [-0.3, -0.25) is 4.90 Å². The number of aryl methyl sites for hydroxylation is 2. The molecular weight excluding hydrogens is 248 g/mol. The summed E-state index contributed by atoms with van der Waals surface area (Å²) in [6.07, 6.45) is 1.11. The summed E-state index contributed by atoms with van der Waals surface area (Å²) in [7, 11) is 0. The Balaban J connectivity index is 0.00000162. The van der Waals surface area contributed by atoms with E-state index in [-0.39, 0.29) is 12.4 Å². The van der Waals surface area contributed by atoms with Crippen molar-refractivity contribution in [2.24, 2.45) is 5.73 Å². The molecule has 1 atom stereocenters. The van der Waals surface area contributed by atoms with Gasteiger partial charge in [0.25, 0.3) is 0 Å².